The maximum atomic E-state index is 12.6. The fourth-order valence-corrected chi connectivity index (χ4v) is 4.92. The van der Waals surface area contributed by atoms with E-state index in [1.165, 1.54) is 12.5 Å². The van der Waals surface area contributed by atoms with Crippen LogP contribution in [0.2, 0.25) is 0 Å². The van der Waals surface area contributed by atoms with Crippen LogP contribution in [0.15, 0.2) is 54.1 Å². The van der Waals surface area contributed by atoms with Crippen LogP contribution in [0.4, 0.5) is 0 Å². The number of hydrogen-bond acceptors (Lipinski definition) is 3. The third-order valence-corrected chi connectivity index (χ3v) is 6.64. The van der Waals surface area contributed by atoms with Gasteiger partial charge >= 0.3 is 0 Å². The Kier molecular flexibility index (Phi) is 15.0. The van der Waals surface area contributed by atoms with Gasteiger partial charge in [0.25, 0.3) is 0 Å². The van der Waals surface area contributed by atoms with Crippen LogP contribution in [0.1, 0.15) is 98.0 Å². The van der Waals surface area contributed by atoms with Crippen LogP contribution in [-0.2, 0) is 20.8 Å². The van der Waals surface area contributed by atoms with Gasteiger partial charge in [-0.3, -0.25) is 14.4 Å². The maximum absolute atomic E-state index is 12.6. The molecule has 0 fully saturated rings. The molecule has 0 aliphatic heterocycles. The molecule has 0 amide bonds. The molecular weight excluding hydrogens is 420 g/mol. The van der Waals surface area contributed by atoms with Gasteiger partial charge < -0.3 is 0 Å². The van der Waals surface area contributed by atoms with Gasteiger partial charge in [-0.1, -0.05) is 87.7 Å². The zero-order chi connectivity index (χ0) is 25.3. The molecule has 3 nitrogen and oxygen atoms in total. The highest BCUT2D eigenvalue weighted by Gasteiger charge is 2.29. The van der Waals surface area contributed by atoms with E-state index < -0.39 is 0 Å². The number of ketones is 3. The lowest BCUT2D eigenvalue weighted by molar-refractivity contribution is -0.129. The van der Waals surface area contributed by atoms with Crippen molar-refractivity contribution in [2.24, 2.45) is 17.8 Å². The zero-order valence-corrected chi connectivity index (χ0v) is 22.1. The molecule has 1 aliphatic rings. The van der Waals surface area contributed by atoms with E-state index in [0.717, 1.165) is 50.5 Å². The highest BCUT2D eigenvalue weighted by Crippen LogP contribution is 2.33. The minimum atomic E-state index is -0.0541. The Morgan fingerprint density at radius 2 is 1.79 bits per heavy atom. The molecule has 2 rings (SSSR count). The number of carbonyl (C=O) groups is 3. The van der Waals surface area contributed by atoms with Crippen LogP contribution < -0.4 is 0 Å². The summed E-state index contributed by atoms with van der Waals surface area (Å²) in [5.74, 6) is 0.888. The molecule has 0 heterocycles. The number of carbonyl (C=O) groups excluding carboxylic acids is 3. The fourth-order valence-electron chi connectivity index (χ4n) is 4.92. The first-order chi connectivity index (χ1) is 16.3. The van der Waals surface area contributed by atoms with Crippen molar-refractivity contribution in [3.05, 3.63) is 59.7 Å². The maximum Gasteiger partial charge on any atom is 0.143 e. The second kappa shape index (κ2) is 17.2. The first kappa shape index (κ1) is 29.7. The van der Waals surface area contributed by atoms with Gasteiger partial charge in [0.05, 0.1) is 6.42 Å². The molecule has 0 saturated heterocycles. The third kappa shape index (κ3) is 12.3. The SMILES string of the molecule is CCCC(CC1CC/C=C\C=C(\C)CC(=O)C1)C(CC)C(=O)CC(C)=O.CCc1ccccc1. The van der Waals surface area contributed by atoms with Crippen LogP contribution in [0.3, 0.4) is 0 Å². The van der Waals surface area contributed by atoms with Gasteiger partial charge in [-0.15, -0.1) is 0 Å². The zero-order valence-electron chi connectivity index (χ0n) is 22.1. The van der Waals surface area contributed by atoms with Crippen molar-refractivity contribution in [2.45, 2.75) is 98.8 Å². The highest BCUT2D eigenvalue weighted by molar-refractivity contribution is 5.99. The van der Waals surface area contributed by atoms with E-state index in [-0.39, 0.29) is 29.8 Å². The van der Waals surface area contributed by atoms with Crippen LogP contribution in [0.5, 0.6) is 0 Å². The summed E-state index contributed by atoms with van der Waals surface area (Å²) in [5.41, 5.74) is 2.52. The van der Waals surface area contributed by atoms with Crippen molar-refractivity contribution < 1.29 is 14.4 Å². The third-order valence-electron chi connectivity index (χ3n) is 6.64. The molecule has 3 heteroatoms. The van der Waals surface area contributed by atoms with Gasteiger partial charge in [0, 0.05) is 18.8 Å². The molecule has 0 bridgehead atoms. The number of allylic oxidation sites excluding steroid dienone is 4. The highest BCUT2D eigenvalue weighted by atomic mass is 16.1. The van der Waals surface area contributed by atoms with Crippen LogP contribution >= 0.6 is 0 Å². The average Bonchev–Trinajstić information content (AvgIpc) is 2.79. The topological polar surface area (TPSA) is 51.2 Å². The Hall–Kier alpha value is -2.29. The Bertz CT molecular complexity index is 803. The summed E-state index contributed by atoms with van der Waals surface area (Å²) in [4.78, 5) is 36.4. The van der Waals surface area contributed by atoms with E-state index >= 15 is 0 Å². The lowest BCUT2D eigenvalue weighted by Crippen LogP contribution is -2.27. The summed E-state index contributed by atoms with van der Waals surface area (Å²) in [6.07, 6.45) is 14.3. The van der Waals surface area contributed by atoms with E-state index in [1.807, 2.05) is 26.0 Å². The van der Waals surface area contributed by atoms with Crippen molar-refractivity contribution in [3.63, 3.8) is 0 Å². The monoisotopic (exact) mass is 466 g/mol. The van der Waals surface area contributed by atoms with Gasteiger partial charge in [-0.25, -0.2) is 0 Å². The number of Topliss-reactive ketones (excluding diaryl/α,β-unsaturated/α-hetero) is 3. The molecule has 3 unspecified atom stereocenters. The predicted molar refractivity (Wildman–Crippen MR) is 143 cm³/mol. The minimum Gasteiger partial charge on any atom is -0.300 e. The lowest BCUT2D eigenvalue weighted by Gasteiger charge is -2.29. The normalized spacial score (nSPS) is 20.7. The van der Waals surface area contributed by atoms with Crippen molar-refractivity contribution in [1.82, 2.24) is 0 Å². The van der Waals surface area contributed by atoms with E-state index in [2.05, 4.69) is 50.3 Å². The van der Waals surface area contributed by atoms with Crippen LogP contribution in [-0.4, -0.2) is 17.3 Å². The standard InChI is InChI=1S/C23H36O3.C8H10/c1-5-10-20(22(6-2)23(26)14-18(4)24)15-19-12-9-7-8-11-17(3)13-21(25)16-19;1-2-8-6-4-3-5-7-8/h7-8,11,19-20,22H,5-6,9-10,12-16H2,1-4H3;3-7H,2H2,1H3/b8-7-,17-11-;. The summed E-state index contributed by atoms with van der Waals surface area (Å²) in [7, 11) is 0. The second-order valence-corrected chi connectivity index (χ2v) is 9.79. The van der Waals surface area contributed by atoms with E-state index in [0.29, 0.717) is 24.5 Å². The quantitative estimate of drug-likeness (QED) is 0.330. The largest absolute Gasteiger partial charge is 0.300 e. The molecule has 1 aromatic rings. The van der Waals surface area contributed by atoms with Gasteiger partial charge in [-0.05, 0) is 63.4 Å². The number of aryl methyl sites for hydroxylation is 1. The van der Waals surface area contributed by atoms with Gasteiger partial charge in [0.2, 0.25) is 0 Å². The molecule has 0 N–H and O–H groups in total. The number of rotatable bonds is 10. The van der Waals surface area contributed by atoms with E-state index in [9.17, 15) is 14.4 Å². The molecule has 34 heavy (non-hydrogen) atoms. The Morgan fingerprint density at radius 1 is 1.09 bits per heavy atom. The number of hydrogen-bond donors (Lipinski definition) is 0. The molecule has 0 aromatic heterocycles. The van der Waals surface area contributed by atoms with E-state index in [1.54, 1.807) is 0 Å². The average molecular weight is 467 g/mol. The molecule has 3 atom stereocenters. The molecule has 1 aliphatic carbocycles. The van der Waals surface area contributed by atoms with Crippen molar-refractivity contribution in [3.8, 4) is 0 Å². The Labute approximate surface area is 208 Å². The molecule has 188 valence electrons. The second-order valence-electron chi connectivity index (χ2n) is 9.79. The first-order valence-electron chi connectivity index (χ1n) is 13.2. The van der Waals surface area contributed by atoms with Gasteiger partial charge in [0.15, 0.2) is 0 Å². The summed E-state index contributed by atoms with van der Waals surface area (Å²) in [5, 5.41) is 0. The Morgan fingerprint density at radius 3 is 2.35 bits per heavy atom. The summed E-state index contributed by atoms with van der Waals surface area (Å²) >= 11 is 0. The van der Waals surface area contributed by atoms with Gasteiger partial charge in [-0.2, -0.15) is 0 Å². The van der Waals surface area contributed by atoms with Crippen LogP contribution in [0.25, 0.3) is 0 Å². The molecule has 0 radical (unpaired) electrons. The van der Waals surface area contributed by atoms with Crippen molar-refractivity contribution in [2.75, 3.05) is 0 Å². The molecule has 0 spiro atoms. The summed E-state index contributed by atoms with van der Waals surface area (Å²) in [6, 6.07) is 10.5. The summed E-state index contributed by atoms with van der Waals surface area (Å²) < 4.78 is 0. The minimum absolute atomic E-state index is 0.0506. The molecule has 0 saturated carbocycles. The first-order valence-corrected chi connectivity index (χ1v) is 13.2. The molecule has 1 aromatic carbocycles. The molecular formula is C31H46O3. The van der Waals surface area contributed by atoms with Crippen molar-refractivity contribution >= 4 is 17.3 Å². The lowest BCUT2D eigenvalue weighted by atomic mass is 9.75. The van der Waals surface area contributed by atoms with Crippen LogP contribution in [0, 0.1) is 17.8 Å². The van der Waals surface area contributed by atoms with E-state index in [4.69, 9.17) is 0 Å². The smallest absolute Gasteiger partial charge is 0.143 e. The predicted octanol–water partition coefficient (Wildman–Crippen LogP) is 7.88. The van der Waals surface area contributed by atoms with Crippen molar-refractivity contribution in [1.29, 1.82) is 0 Å². The fraction of sp³-hybridized carbons (Fsp3) is 0.581. The van der Waals surface area contributed by atoms with Gasteiger partial charge in [0.1, 0.15) is 17.3 Å². The summed E-state index contributed by atoms with van der Waals surface area (Å²) in [6.45, 7) is 9.84. The Balaban J connectivity index is 0.000000605. The number of benzene rings is 1.